The van der Waals surface area contributed by atoms with Crippen molar-refractivity contribution in [2.24, 2.45) is 0 Å². The van der Waals surface area contributed by atoms with Crippen molar-refractivity contribution in [3.8, 4) is 6.07 Å². The third kappa shape index (κ3) is 1.49. The number of nitrogens with two attached hydrogens (primary N) is 1. The molecule has 2 nitrogen and oxygen atoms in total. The topological polar surface area (TPSA) is 49.8 Å². The lowest BCUT2D eigenvalue weighted by molar-refractivity contribution is 0.627. The molecule has 0 amide bonds. The van der Waals surface area contributed by atoms with Gasteiger partial charge in [0.15, 0.2) is 0 Å². The summed E-state index contributed by atoms with van der Waals surface area (Å²) < 4.78 is 12.9. The number of benzene rings is 1. The predicted octanol–water partition coefficient (Wildman–Crippen LogP) is 2.04. The molecule has 4 heteroatoms. The van der Waals surface area contributed by atoms with E-state index >= 15 is 0 Å². The number of rotatable bonds is 0. The van der Waals surface area contributed by atoms with Gasteiger partial charge < -0.3 is 5.73 Å². The van der Waals surface area contributed by atoms with Crippen LogP contribution < -0.4 is 5.73 Å². The van der Waals surface area contributed by atoms with E-state index in [2.05, 4.69) is 15.9 Å². The van der Waals surface area contributed by atoms with Crippen molar-refractivity contribution in [3.63, 3.8) is 0 Å². The molecule has 0 heterocycles. The summed E-state index contributed by atoms with van der Waals surface area (Å²) in [7, 11) is 0. The maximum absolute atomic E-state index is 12.5. The highest BCUT2D eigenvalue weighted by atomic mass is 79.9. The summed E-state index contributed by atoms with van der Waals surface area (Å²) in [6, 6.07) is 4.17. The maximum Gasteiger partial charge on any atom is 0.126 e. The van der Waals surface area contributed by atoms with E-state index in [4.69, 9.17) is 11.0 Å². The minimum atomic E-state index is -0.451. The standard InChI is InChI=1S/C7H4BrFN2/c8-6-1-4(9)2-7(11)5(6)3-10/h1-2H,11H2. The molecule has 0 fully saturated rings. The lowest BCUT2D eigenvalue weighted by Gasteiger charge is -1.98. The fourth-order valence-corrected chi connectivity index (χ4v) is 1.25. The minimum Gasteiger partial charge on any atom is -0.398 e. The van der Waals surface area contributed by atoms with Crippen molar-refractivity contribution in [1.29, 1.82) is 5.26 Å². The summed E-state index contributed by atoms with van der Waals surface area (Å²) in [4.78, 5) is 0. The molecule has 0 aliphatic heterocycles. The van der Waals surface area contributed by atoms with E-state index in [1.54, 1.807) is 0 Å². The first-order valence-electron chi connectivity index (χ1n) is 2.79. The predicted molar refractivity (Wildman–Crippen MR) is 43.2 cm³/mol. The van der Waals surface area contributed by atoms with E-state index in [0.717, 1.165) is 6.07 Å². The zero-order chi connectivity index (χ0) is 8.43. The van der Waals surface area contributed by atoms with Crippen LogP contribution in [0.5, 0.6) is 0 Å². The molecule has 1 aromatic carbocycles. The molecule has 0 bridgehead atoms. The zero-order valence-corrected chi connectivity index (χ0v) is 7.02. The van der Waals surface area contributed by atoms with Crippen molar-refractivity contribution in [3.05, 3.63) is 28.0 Å². The van der Waals surface area contributed by atoms with Crippen molar-refractivity contribution >= 4 is 21.6 Å². The summed E-state index contributed by atoms with van der Waals surface area (Å²) in [6.07, 6.45) is 0. The van der Waals surface area contributed by atoms with Gasteiger partial charge in [-0.3, -0.25) is 0 Å². The van der Waals surface area contributed by atoms with Crippen LogP contribution in [0.4, 0.5) is 10.1 Å². The Kier molecular flexibility index (Phi) is 2.11. The van der Waals surface area contributed by atoms with Crippen LogP contribution in [0, 0.1) is 17.1 Å². The van der Waals surface area contributed by atoms with Gasteiger partial charge in [0.25, 0.3) is 0 Å². The molecule has 0 atom stereocenters. The summed E-state index contributed by atoms with van der Waals surface area (Å²) in [5.74, 6) is -0.451. The first kappa shape index (κ1) is 8.02. The molecule has 0 spiro atoms. The van der Waals surface area contributed by atoms with Crippen molar-refractivity contribution < 1.29 is 4.39 Å². The summed E-state index contributed by atoms with van der Waals surface area (Å²) in [5, 5.41) is 8.51. The maximum atomic E-state index is 12.5. The number of hydrogen-bond acceptors (Lipinski definition) is 2. The third-order valence-electron chi connectivity index (χ3n) is 1.20. The van der Waals surface area contributed by atoms with Crippen LogP contribution in [0.25, 0.3) is 0 Å². The summed E-state index contributed by atoms with van der Waals surface area (Å²) in [6.45, 7) is 0. The monoisotopic (exact) mass is 214 g/mol. The molecular formula is C7H4BrFN2. The van der Waals surface area contributed by atoms with Gasteiger partial charge in [0.1, 0.15) is 11.9 Å². The van der Waals surface area contributed by atoms with Gasteiger partial charge in [-0.1, -0.05) is 0 Å². The number of nitrogens with zero attached hydrogens (tertiary/aromatic N) is 1. The Labute approximate surface area is 71.6 Å². The van der Waals surface area contributed by atoms with E-state index < -0.39 is 5.82 Å². The van der Waals surface area contributed by atoms with Crippen molar-refractivity contribution in [2.75, 3.05) is 5.73 Å². The molecule has 0 aliphatic rings. The normalized spacial score (nSPS) is 9.18. The smallest absolute Gasteiger partial charge is 0.126 e. The Bertz CT molecular complexity index is 307. The molecule has 0 saturated heterocycles. The molecule has 56 valence electrons. The number of nitrogen functional groups attached to an aromatic ring is 1. The first-order valence-corrected chi connectivity index (χ1v) is 3.59. The largest absolute Gasteiger partial charge is 0.398 e. The molecule has 2 N–H and O–H groups in total. The van der Waals surface area contributed by atoms with Crippen molar-refractivity contribution in [2.45, 2.75) is 0 Å². The van der Waals surface area contributed by atoms with Gasteiger partial charge in [0.2, 0.25) is 0 Å². The minimum absolute atomic E-state index is 0.152. The quantitative estimate of drug-likeness (QED) is 0.673. The third-order valence-corrected chi connectivity index (χ3v) is 1.82. The molecular weight excluding hydrogens is 211 g/mol. The second kappa shape index (κ2) is 2.89. The van der Waals surface area contributed by atoms with Gasteiger partial charge in [-0.15, -0.1) is 0 Å². The van der Waals surface area contributed by atoms with Gasteiger partial charge in [-0.2, -0.15) is 5.26 Å². The lowest BCUT2D eigenvalue weighted by atomic mass is 10.2. The highest BCUT2D eigenvalue weighted by molar-refractivity contribution is 9.10. The van der Waals surface area contributed by atoms with E-state index in [1.165, 1.54) is 6.07 Å². The molecule has 0 aliphatic carbocycles. The molecule has 0 radical (unpaired) electrons. The average molecular weight is 215 g/mol. The molecule has 11 heavy (non-hydrogen) atoms. The van der Waals surface area contributed by atoms with E-state index in [1.807, 2.05) is 6.07 Å². The Morgan fingerprint density at radius 1 is 1.55 bits per heavy atom. The lowest BCUT2D eigenvalue weighted by Crippen LogP contribution is -1.92. The van der Waals surface area contributed by atoms with Crippen LogP contribution in [0.1, 0.15) is 5.56 Å². The fourth-order valence-electron chi connectivity index (χ4n) is 0.711. The second-order valence-corrected chi connectivity index (χ2v) is 2.82. The Balaban J connectivity index is 3.40. The van der Waals surface area contributed by atoms with Gasteiger partial charge >= 0.3 is 0 Å². The number of anilines is 1. The average Bonchev–Trinajstić information content (AvgIpc) is 1.85. The van der Waals surface area contributed by atoms with Crippen molar-refractivity contribution in [1.82, 2.24) is 0 Å². The molecule has 1 aromatic rings. The van der Waals surface area contributed by atoms with Crippen LogP contribution in [0.15, 0.2) is 16.6 Å². The Morgan fingerprint density at radius 3 is 2.64 bits per heavy atom. The molecule has 1 rings (SSSR count). The van der Waals surface area contributed by atoms with E-state index in [-0.39, 0.29) is 11.3 Å². The van der Waals surface area contributed by atoms with Crippen LogP contribution in [0.3, 0.4) is 0 Å². The summed E-state index contributed by atoms with van der Waals surface area (Å²) >= 11 is 3.02. The fraction of sp³-hybridized carbons (Fsp3) is 0. The number of halogens is 2. The SMILES string of the molecule is N#Cc1c(N)cc(F)cc1Br. The van der Waals surface area contributed by atoms with Gasteiger partial charge in [-0.25, -0.2) is 4.39 Å². The molecule has 0 saturated carbocycles. The van der Waals surface area contributed by atoms with Gasteiger partial charge in [-0.05, 0) is 28.1 Å². The Hall–Kier alpha value is -1.08. The van der Waals surface area contributed by atoms with Crippen LogP contribution in [-0.4, -0.2) is 0 Å². The second-order valence-electron chi connectivity index (χ2n) is 1.96. The number of nitriles is 1. The molecule has 0 unspecified atom stereocenters. The van der Waals surface area contributed by atoms with Crippen LogP contribution in [-0.2, 0) is 0 Å². The highest BCUT2D eigenvalue weighted by Gasteiger charge is 2.04. The zero-order valence-electron chi connectivity index (χ0n) is 5.44. The number of hydrogen-bond donors (Lipinski definition) is 1. The van der Waals surface area contributed by atoms with Crippen LogP contribution in [0.2, 0.25) is 0 Å². The Morgan fingerprint density at radius 2 is 2.18 bits per heavy atom. The molecule has 0 aromatic heterocycles. The first-order chi connectivity index (χ1) is 5.15. The van der Waals surface area contributed by atoms with Gasteiger partial charge in [0.05, 0.1) is 11.3 Å². The van der Waals surface area contributed by atoms with Crippen LogP contribution >= 0.6 is 15.9 Å². The van der Waals surface area contributed by atoms with Gasteiger partial charge in [0, 0.05) is 4.47 Å². The van der Waals surface area contributed by atoms with E-state index in [9.17, 15) is 4.39 Å². The highest BCUT2D eigenvalue weighted by Crippen LogP contribution is 2.22. The summed E-state index contributed by atoms with van der Waals surface area (Å²) in [5.41, 5.74) is 5.76. The van der Waals surface area contributed by atoms with E-state index in [0.29, 0.717) is 4.47 Å².